The van der Waals surface area contributed by atoms with Gasteiger partial charge < -0.3 is 10.5 Å². The Morgan fingerprint density at radius 2 is 2.00 bits per heavy atom. The van der Waals surface area contributed by atoms with Crippen LogP contribution in [0.15, 0.2) is 30.3 Å². The van der Waals surface area contributed by atoms with E-state index in [9.17, 15) is 0 Å². The van der Waals surface area contributed by atoms with Gasteiger partial charge in [0.05, 0.1) is 18.8 Å². The third-order valence-corrected chi connectivity index (χ3v) is 1.99. The lowest BCUT2D eigenvalue weighted by Gasteiger charge is -2.34. The highest BCUT2D eigenvalue weighted by molar-refractivity contribution is 5.20. The molecule has 0 spiro atoms. The lowest BCUT2D eigenvalue weighted by Crippen LogP contribution is -2.44. The lowest BCUT2D eigenvalue weighted by molar-refractivity contribution is -0.0751. The second-order valence-electron chi connectivity index (χ2n) is 2.83. The maximum atomic E-state index is 5.73. The van der Waals surface area contributed by atoms with Crippen molar-refractivity contribution in [3.8, 4) is 0 Å². The molecule has 0 amide bonds. The Kier molecular flexibility index (Phi) is 1.64. The Morgan fingerprint density at radius 1 is 1.27 bits per heavy atom. The molecule has 1 heterocycles. The summed E-state index contributed by atoms with van der Waals surface area (Å²) in [7, 11) is 0. The summed E-state index contributed by atoms with van der Waals surface area (Å²) in [5, 5.41) is 0. The average Bonchev–Trinajstić information content (AvgIpc) is 2.04. The molecule has 0 unspecified atom stereocenters. The molecule has 1 aliphatic heterocycles. The third kappa shape index (κ3) is 1.15. The summed E-state index contributed by atoms with van der Waals surface area (Å²) in [5.41, 5.74) is 6.92. The molecule has 0 radical (unpaired) electrons. The molecule has 2 atom stereocenters. The number of hydrogen-bond acceptors (Lipinski definition) is 2. The predicted octanol–water partition coefficient (Wildman–Crippen LogP) is 1.09. The summed E-state index contributed by atoms with van der Waals surface area (Å²) >= 11 is 0. The molecule has 1 aliphatic rings. The lowest BCUT2D eigenvalue weighted by atomic mass is 9.99. The molecule has 11 heavy (non-hydrogen) atoms. The Balaban J connectivity index is 2.17. The molecular formula is C9H11NO. The summed E-state index contributed by atoms with van der Waals surface area (Å²) in [4.78, 5) is 0. The topological polar surface area (TPSA) is 35.2 Å². The van der Waals surface area contributed by atoms with Gasteiger partial charge in [0.15, 0.2) is 0 Å². The van der Waals surface area contributed by atoms with Gasteiger partial charge in [-0.25, -0.2) is 0 Å². The zero-order valence-electron chi connectivity index (χ0n) is 6.23. The molecule has 2 rings (SSSR count). The zero-order valence-corrected chi connectivity index (χ0v) is 6.23. The van der Waals surface area contributed by atoms with Crippen LogP contribution in [0.4, 0.5) is 0 Å². The molecule has 2 heteroatoms. The minimum atomic E-state index is 0.135. The van der Waals surface area contributed by atoms with Crippen molar-refractivity contribution in [2.45, 2.75) is 12.1 Å². The van der Waals surface area contributed by atoms with Crippen LogP contribution in [0.25, 0.3) is 0 Å². The largest absolute Gasteiger partial charge is 0.370 e. The van der Waals surface area contributed by atoms with Crippen LogP contribution in [-0.2, 0) is 4.74 Å². The molecular weight excluding hydrogens is 138 g/mol. The van der Waals surface area contributed by atoms with Crippen LogP contribution in [0.5, 0.6) is 0 Å². The fourth-order valence-electron chi connectivity index (χ4n) is 1.29. The highest BCUT2D eigenvalue weighted by Gasteiger charge is 2.29. The van der Waals surface area contributed by atoms with Gasteiger partial charge in [0.1, 0.15) is 0 Å². The quantitative estimate of drug-likeness (QED) is 0.648. The predicted molar refractivity (Wildman–Crippen MR) is 43.1 cm³/mol. The standard InChI is InChI=1S/C9H11NO/c10-8-6-11-9(8)7-4-2-1-3-5-7/h1-5,8-9H,6,10H2/t8-,9+/m0/s1. The van der Waals surface area contributed by atoms with E-state index in [2.05, 4.69) is 0 Å². The van der Waals surface area contributed by atoms with E-state index in [-0.39, 0.29) is 12.1 Å². The maximum Gasteiger partial charge on any atom is 0.0999 e. The average molecular weight is 149 g/mol. The second kappa shape index (κ2) is 2.64. The monoisotopic (exact) mass is 149 g/mol. The van der Waals surface area contributed by atoms with Gasteiger partial charge >= 0.3 is 0 Å². The first-order valence-corrected chi connectivity index (χ1v) is 3.80. The molecule has 0 saturated carbocycles. The van der Waals surface area contributed by atoms with E-state index in [4.69, 9.17) is 10.5 Å². The van der Waals surface area contributed by atoms with Crippen molar-refractivity contribution < 1.29 is 4.74 Å². The van der Waals surface area contributed by atoms with E-state index in [0.29, 0.717) is 6.61 Å². The van der Waals surface area contributed by atoms with Crippen LogP contribution in [-0.4, -0.2) is 12.6 Å². The fraction of sp³-hybridized carbons (Fsp3) is 0.333. The molecule has 0 bridgehead atoms. The summed E-state index contributed by atoms with van der Waals surface area (Å²) in [6.45, 7) is 0.694. The van der Waals surface area contributed by atoms with E-state index in [1.807, 2.05) is 30.3 Å². The SMILES string of the molecule is N[C@H]1CO[C@@H]1c1ccccc1. The molecule has 2 N–H and O–H groups in total. The Hall–Kier alpha value is -0.860. The summed E-state index contributed by atoms with van der Waals surface area (Å²) < 4.78 is 5.30. The van der Waals surface area contributed by atoms with Crippen molar-refractivity contribution in [2.24, 2.45) is 5.73 Å². The summed E-state index contributed by atoms with van der Waals surface area (Å²) in [6, 6.07) is 10.3. The normalized spacial score (nSPS) is 29.5. The molecule has 2 nitrogen and oxygen atoms in total. The van der Waals surface area contributed by atoms with E-state index < -0.39 is 0 Å². The highest BCUT2D eigenvalue weighted by Crippen LogP contribution is 2.27. The van der Waals surface area contributed by atoms with Crippen molar-refractivity contribution in [1.29, 1.82) is 0 Å². The fourth-order valence-corrected chi connectivity index (χ4v) is 1.29. The molecule has 58 valence electrons. The van der Waals surface area contributed by atoms with Crippen LogP contribution in [0.2, 0.25) is 0 Å². The van der Waals surface area contributed by atoms with Crippen LogP contribution < -0.4 is 5.73 Å². The first-order valence-electron chi connectivity index (χ1n) is 3.80. The number of hydrogen-bond donors (Lipinski definition) is 1. The minimum Gasteiger partial charge on any atom is -0.370 e. The van der Waals surface area contributed by atoms with E-state index in [1.54, 1.807) is 0 Å². The van der Waals surface area contributed by atoms with Crippen molar-refractivity contribution in [1.82, 2.24) is 0 Å². The van der Waals surface area contributed by atoms with Gasteiger partial charge in [-0.05, 0) is 5.56 Å². The number of benzene rings is 1. The van der Waals surface area contributed by atoms with E-state index in [0.717, 1.165) is 0 Å². The van der Waals surface area contributed by atoms with Crippen LogP contribution in [0, 0.1) is 0 Å². The molecule has 1 aromatic rings. The van der Waals surface area contributed by atoms with Crippen LogP contribution in [0.3, 0.4) is 0 Å². The molecule has 1 saturated heterocycles. The first kappa shape index (κ1) is 6.83. The van der Waals surface area contributed by atoms with Crippen molar-refractivity contribution in [3.63, 3.8) is 0 Å². The minimum absolute atomic E-state index is 0.135. The zero-order chi connectivity index (χ0) is 7.68. The van der Waals surface area contributed by atoms with Gasteiger partial charge in [0, 0.05) is 0 Å². The Morgan fingerprint density at radius 3 is 2.45 bits per heavy atom. The van der Waals surface area contributed by atoms with Gasteiger partial charge in [-0.15, -0.1) is 0 Å². The van der Waals surface area contributed by atoms with Crippen molar-refractivity contribution in [2.75, 3.05) is 6.61 Å². The van der Waals surface area contributed by atoms with Gasteiger partial charge in [0.25, 0.3) is 0 Å². The third-order valence-electron chi connectivity index (χ3n) is 1.99. The van der Waals surface area contributed by atoms with Crippen LogP contribution in [0.1, 0.15) is 11.7 Å². The van der Waals surface area contributed by atoms with E-state index >= 15 is 0 Å². The molecule has 1 fully saturated rings. The van der Waals surface area contributed by atoms with E-state index in [1.165, 1.54) is 5.56 Å². The smallest absolute Gasteiger partial charge is 0.0999 e. The first-order chi connectivity index (χ1) is 5.38. The molecule has 0 aliphatic carbocycles. The van der Waals surface area contributed by atoms with Gasteiger partial charge in [-0.3, -0.25) is 0 Å². The Bertz CT molecular complexity index is 235. The second-order valence-corrected chi connectivity index (χ2v) is 2.83. The highest BCUT2D eigenvalue weighted by atomic mass is 16.5. The van der Waals surface area contributed by atoms with Gasteiger partial charge in [-0.2, -0.15) is 0 Å². The molecule has 0 aromatic heterocycles. The number of ether oxygens (including phenoxy) is 1. The maximum absolute atomic E-state index is 5.73. The van der Waals surface area contributed by atoms with Crippen molar-refractivity contribution in [3.05, 3.63) is 35.9 Å². The van der Waals surface area contributed by atoms with Gasteiger partial charge in [0.2, 0.25) is 0 Å². The molecule has 1 aromatic carbocycles. The number of nitrogens with two attached hydrogens (primary N) is 1. The Labute approximate surface area is 66.0 Å². The summed E-state index contributed by atoms with van der Waals surface area (Å²) in [5.74, 6) is 0. The summed E-state index contributed by atoms with van der Waals surface area (Å²) in [6.07, 6.45) is 0.135. The number of rotatable bonds is 1. The van der Waals surface area contributed by atoms with Crippen molar-refractivity contribution >= 4 is 0 Å². The van der Waals surface area contributed by atoms with Gasteiger partial charge in [-0.1, -0.05) is 30.3 Å². The van der Waals surface area contributed by atoms with Crippen LogP contribution >= 0.6 is 0 Å².